The molecule has 0 bridgehead atoms. The molecule has 2 aromatic carbocycles. The van der Waals surface area contributed by atoms with Crippen molar-refractivity contribution >= 4 is 23.0 Å². The van der Waals surface area contributed by atoms with Crippen molar-refractivity contribution in [2.45, 2.75) is 25.2 Å². The largest absolute Gasteiger partial charge is 0.418 e. The molecule has 0 saturated heterocycles. The first kappa shape index (κ1) is 17.5. The predicted octanol–water partition coefficient (Wildman–Crippen LogP) is 4.78. The summed E-state index contributed by atoms with van der Waals surface area (Å²) in [7, 11) is 0. The zero-order valence-electron chi connectivity index (χ0n) is 13.0. The summed E-state index contributed by atoms with van der Waals surface area (Å²) in [5, 5.41) is 10.9. The maximum absolute atomic E-state index is 13.5. The summed E-state index contributed by atoms with van der Waals surface area (Å²) >= 11 is 6.01. The number of nitro groups is 1. The first-order chi connectivity index (χ1) is 11.8. The van der Waals surface area contributed by atoms with E-state index in [0.29, 0.717) is 12.5 Å². The molecule has 0 N–H and O–H groups in total. The van der Waals surface area contributed by atoms with E-state index in [2.05, 4.69) is 0 Å². The van der Waals surface area contributed by atoms with Crippen LogP contribution in [0.5, 0.6) is 0 Å². The third-order valence-electron chi connectivity index (χ3n) is 4.34. The van der Waals surface area contributed by atoms with Crippen molar-refractivity contribution in [3.8, 4) is 0 Å². The summed E-state index contributed by atoms with van der Waals surface area (Å²) in [5.41, 5.74) is 0.292. The van der Waals surface area contributed by atoms with Gasteiger partial charge in [-0.15, -0.1) is 11.6 Å². The summed E-state index contributed by atoms with van der Waals surface area (Å²) in [6.45, 7) is 0.272. The molecule has 8 heteroatoms. The van der Waals surface area contributed by atoms with Gasteiger partial charge in [-0.3, -0.25) is 10.1 Å². The number of benzene rings is 2. The van der Waals surface area contributed by atoms with Gasteiger partial charge < -0.3 is 4.90 Å². The second-order valence-electron chi connectivity index (χ2n) is 5.87. The van der Waals surface area contributed by atoms with Crippen LogP contribution in [-0.4, -0.2) is 16.8 Å². The number of nitro benzene ring substituents is 1. The molecule has 0 fully saturated rings. The molecule has 1 aliphatic rings. The second-order valence-corrected chi connectivity index (χ2v) is 6.17. The maximum atomic E-state index is 13.5. The predicted molar refractivity (Wildman–Crippen MR) is 88.9 cm³/mol. The van der Waals surface area contributed by atoms with E-state index in [0.717, 1.165) is 23.3 Å². The average Bonchev–Trinajstić information content (AvgIpc) is 2.59. The van der Waals surface area contributed by atoms with Gasteiger partial charge in [-0.2, -0.15) is 13.2 Å². The fraction of sp³-hybridized carbons (Fsp3) is 0.294. The molecule has 4 nitrogen and oxygen atoms in total. The van der Waals surface area contributed by atoms with Crippen LogP contribution in [0.15, 0.2) is 42.5 Å². The van der Waals surface area contributed by atoms with Crippen molar-refractivity contribution < 1.29 is 18.1 Å². The smallest absolute Gasteiger partial charge is 0.362 e. The molecule has 0 aliphatic carbocycles. The number of nitrogens with zero attached hydrogens (tertiary/aromatic N) is 2. The molecule has 2 aromatic rings. The Hall–Kier alpha value is -2.28. The van der Waals surface area contributed by atoms with Gasteiger partial charge in [-0.25, -0.2) is 0 Å². The molecule has 0 aromatic heterocycles. The normalized spacial score (nSPS) is 17.3. The number of hydrogen-bond acceptors (Lipinski definition) is 3. The van der Waals surface area contributed by atoms with Gasteiger partial charge in [0.05, 0.1) is 16.2 Å². The minimum atomic E-state index is -4.70. The van der Waals surface area contributed by atoms with E-state index in [1.54, 1.807) is 4.90 Å². The zero-order valence-corrected chi connectivity index (χ0v) is 13.7. The van der Waals surface area contributed by atoms with Crippen molar-refractivity contribution in [3.05, 3.63) is 69.3 Å². The number of fused-ring (bicyclic) bond motifs is 1. The third kappa shape index (κ3) is 3.42. The summed E-state index contributed by atoms with van der Waals surface area (Å²) in [4.78, 5) is 11.6. The molecule has 0 radical (unpaired) electrons. The lowest BCUT2D eigenvalue weighted by atomic mass is 9.93. The average molecular weight is 371 g/mol. The Labute approximate surface area is 147 Å². The van der Waals surface area contributed by atoms with Gasteiger partial charge in [0.25, 0.3) is 5.69 Å². The van der Waals surface area contributed by atoms with E-state index in [1.165, 1.54) is 0 Å². The van der Waals surface area contributed by atoms with Crippen LogP contribution in [0.3, 0.4) is 0 Å². The van der Waals surface area contributed by atoms with Crippen LogP contribution in [0.4, 0.5) is 24.5 Å². The van der Waals surface area contributed by atoms with E-state index in [9.17, 15) is 23.3 Å². The van der Waals surface area contributed by atoms with Gasteiger partial charge in [0.1, 0.15) is 0 Å². The molecule has 1 heterocycles. The Morgan fingerprint density at radius 2 is 1.88 bits per heavy atom. The van der Waals surface area contributed by atoms with E-state index >= 15 is 0 Å². The van der Waals surface area contributed by atoms with E-state index in [1.807, 2.05) is 24.3 Å². The van der Waals surface area contributed by atoms with E-state index in [-0.39, 0.29) is 24.2 Å². The van der Waals surface area contributed by atoms with Crippen LogP contribution in [0.25, 0.3) is 0 Å². The number of alkyl halides is 4. The SMILES string of the molecule is O=[N+]([O-])c1ccc(N2Cc3ccccc3CC2CCl)c(C(F)(F)F)c1. The van der Waals surface area contributed by atoms with Gasteiger partial charge in [0.15, 0.2) is 0 Å². The van der Waals surface area contributed by atoms with Crippen molar-refractivity contribution in [3.63, 3.8) is 0 Å². The summed E-state index contributed by atoms with van der Waals surface area (Å²) in [5.74, 6) is 0.155. The lowest BCUT2D eigenvalue weighted by molar-refractivity contribution is -0.385. The summed E-state index contributed by atoms with van der Waals surface area (Å²) in [6.07, 6.45) is -4.18. The highest BCUT2D eigenvalue weighted by atomic mass is 35.5. The zero-order chi connectivity index (χ0) is 18.2. The van der Waals surface area contributed by atoms with Crippen LogP contribution in [0.1, 0.15) is 16.7 Å². The first-order valence-corrected chi connectivity index (χ1v) is 8.09. The van der Waals surface area contributed by atoms with Crippen molar-refractivity contribution in [2.24, 2.45) is 0 Å². The van der Waals surface area contributed by atoms with Crippen molar-refractivity contribution in [2.75, 3.05) is 10.8 Å². The van der Waals surface area contributed by atoms with Crippen LogP contribution < -0.4 is 4.90 Å². The maximum Gasteiger partial charge on any atom is 0.418 e. The number of halogens is 4. The minimum Gasteiger partial charge on any atom is -0.362 e. The molecule has 0 amide bonds. The second kappa shape index (κ2) is 6.55. The molecule has 0 spiro atoms. The molecule has 1 unspecified atom stereocenters. The fourth-order valence-corrected chi connectivity index (χ4v) is 3.40. The number of rotatable bonds is 3. The Morgan fingerprint density at radius 3 is 2.48 bits per heavy atom. The highest BCUT2D eigenvalue weighted by Crippen LogP contribution is 2.41. The Kier molecular flexibility index (Phi) is 4.60. The highest BCUT2D eigenvalue weighted by Gasteiger charge is 2.38. The Morgan fingerprint density at radius 1 is 1.20 bits per heavy atom. The molecule has 132 valence electrons. The van der Waals surface area contributed by atoms with E-state index < -0.39 is 22.4 Å². The molecule has 3 rings (SSSR count). The van der Waals surface area contributed by atoms with Crippen molar-refractivity contribution in [1.82, 2.24) is 0 Å². The van der Waals surface area contributed by atoms with Crippen LogP contribution >= 0.6 is 11.6 Å². The summed E-state index contributed by atoms with van der Waals surface area (Å²) in [6, 6.07) is 10.0. The van der Waals surface area contributed by atoms with Crippen LogP contribution in [0, 0.1) is 10.1 Å². The van der Waals surface area contributed by atoms with Gasteiger partial charge in [0.2, 0.25) is 0 Å². The molecule has 1 atom stereocenters. The number of non-ortho nitro benzene ring substituents is 1. The van der Waals surface area contributed by atoms with Crippen LogP contribution in [0.2, 0.25) is 0 Å². The Balaban J connectivity index is 2.10. The fourth-order valence-electron chi connectivity index (χ4n) is 3.12. The van der Waals surface area contributed by atoms with Gasteiger partial charge in [0, 0.05) is 30.6 Å². The lowest BCUT2D eigenvalue weighted by Gasteiger charge is -2.39. The number of anilines is 1. The summed E-state index contributed by atoms with van der Waals surface area (Å²) < 4.78 is 40.5. The molecule has 1 aliphatic heterocycles. The van der Waals surface area contributed by atoms with Gasteiger partial charge >= 0.3 is 6.18 Å². The van der Waals surface area contributed by atoms with E-state index in [4.69, 9.17) is 11.6 Å². The quantitative estimate of drug-likeness (QED) is 0.443. The molecular weight excluding hydrogens is 357 g/mol. The van der Waals surface area contributed by atoms with Crippen molar-refractivity contribution in [1.29, 1.82) is 0 Å². The van der Waals surface area contributed by atoms with Gasteiger partial charge in [-0.05, 0) is 23.6 Å². The third-order valence-corrected chi connectivity index (χ3v) is 4.70. The molecular formula is C17H14ClF3N2O2. The monoisotopic (exact) mass is 370 g/mol. The molecule has 0 saturated carbocycles. The lowest BCUT2D eigenvalue weighted by Crippen LogP contribution is -2.42. The highest BCUT2D eigenvalue weighted by molar-refractivity contribution is 6.18. The minimum absolute atomic E-state index is 0.0850. The standard InChI is InChI=1S/C17H14ClF3N2O2/c18-9-14-7-11-3-1-2-4-12(11)10-22(14)16-6-5-13(23(24)25)8-15(16)17(19,20)21/h1-6,8,14H,7,9-10H2. The van der Waals surface area contributed by atoms with Crippen LogP contribution in [-0.2, 0) is 19.1 Å². The van der Waals surface area contributed by atoms with Gasteiger partial charge in [-0.1, -0.05) is 24.3 Å². The molecule has 25 heavy (non-hydrogen) atoms. The topological polar surface area (TPSA) is 46.4 Å². The Bertz CT molecular complexity index is 811. The first-order valence-electron chi connectivity index (χ1n) is 7.56. The number of hydrogen-bond donors (Lipinski definition) is 0.